The maximum atomic E-state index is 14.1. The van der Waals surface area contributed by atoms with E-state index in [9.17, 15) is 12.8 Å². The fraction of sp³-hybridized carbons (Fsp3) is 0.250. The Hall–Kier alpha value is -1.63. The molecule has 4 nitrogen and oxygen atoms in total. The number of hydrogen-bond acceptors (Lipinski definition) is 4. The lowest BCUT2D eigenvalue weighted by Gasteiger charge is -2.27. The van der Waals surface area contributed by atoms with Gasteiger partial charge in [0.25, 0.3) is 0 Å². The molecule has 7 heteroatoms. The normalized spacial score (nSPS) is 14.7. The van der Waals surface area contributed by atoms with Crippen molar-refractivity contribution in [2.24, 2.45) is 0 Å². The molecule has 0 amide bonds. The third-order valence-corrected chi connectivity index (χ3v) is 4.69. The summed E-state index contributed by atoms with van der Waals surface area (Å²) >= 11 is 0. The zero-order valence-corrected chi connectivity index (χ0v) is 14.1. The maximum absolute atomic E-state index is 14.1. The van der Waals surface area contributed by atoms with E-state index in [-0.39, 0.29) is 23.4 Å². The molecule has 1 N–H and O–H groups in total. The Morgan fingerprint density at radius 1 is 1.13 bits per heavy atom. The summed E-state index contributed by atoms with van der Waals surface area (Å²) in [6, 6.07) is 11.1. The van der Waals surface area contributed by atoms with E-state index >= 15 is 0 Å². The molecule has 0 atom stereocenters. The first-order chi connectivity index (χ1) is 10.4. The summed E-state index contributed by atoms with van der Waals surface area (Å²) in [5, 5.41) is 3.12. The molecule has 0 aromatic heterocycles. The van der Waals surface area contributed by atoms with Gasteiger partial charge in [-0.05, 0) is 29.8 Å². The molecule has 1 aliphatic heterocycles. The maximum Gasteiger partial charge on any atom is 0.175 e. The van der Waals surface area contributed by atoms with E-state index in [1.165, 1.54) is 12.1 Å². The molecule has 3 rings (SSSR count). The minimum absolute atomic E-state index is 0. The van der Waals surface area contributed by atoms with Crippen LogP contribution in [0.25, 0.3) is 11.1 Å². The fourth-order valence-electron chi connectivity index (χ4n) is 2.21. The quantitative estimate of drug-likeness (QED) is 0.914. The standard InChI is InChI=1S/C16H16FNO3S.ClH/c1-22(19,20)14-6-7-15(16(17)8-14)11-2-4-12(5-3-11)21-13-9-18-10-13;/h2-8,13,18H,9-10H2,1H3;1H. The lowest BCUT2D eigenvalue weighted by atomic mass is 10.1. The van der Waals surface area contributed by atoms with Crippen molar-refractivity contribution in [3.8, 4) is 16.9 Å². The lowest BCUT2D eigenvalue weighted by molar-refractivity contribution is 0.142. The van der Waals surface area contributed by atoms with Crippen molar-refractivity contribution >= 4 is 22.2 Å². The van der Waals surface area contributed by atoms with Crippen LogP contribution in [0.5, 0.6) is 5.75 Å². The van der Waals surface area contributed by atoms with Crippen LogP contribution in [0.1, 0.15) is 0 Å². The fourth-order valence-corrected chi connectivity index (χ4v) is 2.84. The van der Waals surface area contributed by atoms with Crippen molar-refractivity contribution in [3.05, 3.63) is 48.3 Å². The average Bonchev–Trinajstić information content (AvgIpc) is 2.43. The highest BCUT2D eigenvalue weighted by Crippen LogP contribution is 2.27. The van der Waals surface area contributed by atoms with Crippen LogP contribution in [0.2, 0.25) is 0 Å². The Labute approximate surface area is 141 Å². The molecule has 124 valence electrons. The number of hydrogen-bond donors (Lipinski definition) is 1. The molecule has 23 heavy (non-hydrogen) atoms. The SMILES string of the molecule is CS(=O)(=O)c1ccc(-c2ccc(OC3CNC3)cc2)c(F)c1.Cl. The molecule has 0 unspecified atom stereocenters. The van der Waals surface area contributed by atoms with Gasteiger partial charge in [0.05, 0.1) is 4.90 Å². The zero-order chi connectivity index (χ0) is 15.7. The van der Waals surface area contributed by atoms with Crippen LogP contribution in [0.15, 0.2) is 47.4 Å². The second kappa shape index (κ2) is 6.86. The van der Waals surface area contributed by atoms with Gasteiger partial charge in [0.2, 0.25) is 0 Å². The van der Waals surface area contributed by atoms with Crippen LogP contribution in [-0.2, 0) is 9.84 Å². The summed E-state index contributed by atoms with van der Waals surface area (Å²) in [6.07, 6.45) is 1.25. The molecule has 0 bridgehead atoms. The topological polar surface area (TPSA) is 55.4 Å². The molecule has 0 aliphatic carbocycles. The van der Waals surface area contributed by atoms with Crippen molar-refractivity contribution in [1.29, 1.82) is 0 Å². The van der Waals surface area contributed by atoms with E-state index in [0.29, 0.717) is 11.1 Å². The number of halogens is 2. The summed E-state index contributed by atoms with van der Waals surface area (Å²) in [7, 11) is -3.41. The van der Waals surface area contributed by atoms with Gasteiger partial charge < -0.3 is 10.1 Å². The van der Waals surface area contributed by atoms with Gasteiger partial charge in [-0.2, -0.15) is 0 Å². The summed E-state index contributed by atoms with van der Waals surface area (Å²) < 4.78 is 42.7. The Kier molecular flexibility index (Phi) is 5.29. The highest BCUT2D eigenvalue weighted by molar-refractivity contribution is 7.90. The van der Waals surface area contributed by atoms with E-state index in [0.717, 1.165) is 31.2 Å². The van der Waals surface area contributed by atoms with Gasteiger partial charge in [-0.25, -0.2) is 12.8 Å². The van der Waals surface area contributed by atoms with Crippen LogP contribution in [0.3, 0.4) is 0 Å². The second-order valence-electron chi connectivity index (χ2n) is 5.34. The third-order valence-electron chi connectivity index (χ3n) is 3.58. The molecular weight excluding hydrogens is 341 g/mol. The summed E-state index contributed by atoms with van der Waals surface area (Å²) in [5.74, 6) is 0.184. The molecule has 1 aliphatic rings. The minimum Gasteiger partial charge on any atom is -0.488 e. The van der Waals surface area contributed by atoms with Gasteiger partial charge in [0.15, 0.2) is 9.84 Å². The number of nitrogens with one attached hydrogen (secondary N) is 1. The van der Waals surface area contributed by atoms with Crippen LogP contribution in [0, 0.1) is 5.82 Å². The van der Waals surface area contributed by atoms with Gasteiger partial charge in [0, 0.05) is 24.9 Å². The molecule has 1 fully saturated rings. The molecular formula is C16H17ClFNO3S. The average molecular weight is 358 g/mol. The smallest absolute Gasteiger partial charge is 0.175 e. The summed E-state index contributed by atoms with van der Waals surface area (Å²) in [6.45, 7) is 1.67. The molecule has 2 aromatic carbocycles. The lowest BCUT2D eigenvalue weighted by Crippen LogP contribution is -2.50. The van der Waals surface area contributed by atoms with E-state index in [4.69, 9.17) is 4.74 Å². The molecule has 0 radical (unpaired) electrons. The van der Waals surface area contributed by atoms with E-state index < -0.39 is 15.7 Å². The van der Waals surface area contributed by atoms with Gasteiger partial charge in [-0.1, -0.05) is 18.2 Å². The Bertz CT molecular complexity index is 789. The van der Waals surface area contributed by atoms with E-state index in [1.807, 2.05) is 0 Å². The van der Waals surface area contributed by atoms with Crippen LogP contribution in [0.4, 0.5) is 4.39 Å². The highest BCUT2D eigenvalue weighted by Gasteiger charge is 2.18. The second-order valence-corrected chi connectivity index (χ2v) is 7.35. The first-order valence-electron chi connectivity index (χ1n) is 6.91. The highest BCUT2D eigenvalue weighted by atomic mass is 35.5. The van der Waals surface area contributed by atoms with Crippen LogP contribution in [-0.4, -0.2) is 33.9 Å². The zero-order valence-electron chi connectivity index (χ0n) is 12.5. The largest absolute Gasteiger partial charge is 0.488 e. The van der Waals surface area contributed by atoms with E-state index in [1.54, 1.807) is 24.3 Å². The molecule has 1 heterocycles. The van der Waals surface area contributed by atoms with E-state index in [2.05, 4.69) is 5.32 Å². The summed E-state index contributed by atoms with van der Waals surface area (Å²) in [5.41, 5.74) is 1.04. The monoisotopic (exact) mass is 357 g/mol. The third kappa shape index (κ3) is 4.02. The Morgan fingerprint density at radius 3 is 2.26 bits per heavy atom. The van der Waals surface area contributed by atoms with Crippen LogP contribution < -0.4 is 10.1 Å². The molecule has 0 spiro atoms. The number of rotatable bonds is 4. The van der Waals surface area contributed by atoms with Gasteiger partial charge in [-0.3, -0.25) is 0 Å². The van der Waals surface area contributed by atoms with Gasteiger partial charge in [-0.15, -0.1) is 12.4 Å². The number of sulfone groups is 1. The van der Waals surface area contributed by atoms with Crippen molar-refractivity contribution < 1.29 is 17.5 Å². The molecule has 1 saturated heterocycles. The minimum atomic E-state index is -3.41. The van der Waals surface area contributed by atoms with Crippen molar-refractivity contribution in [1.82, 2.24) is 5.32 Å². The Morgan fingerprint density at radius 2 is 1.78 bits per heavy atom. The predicted octanol–water partition coefficient (Wildman–Crippen LogP) is 2.67. The van der Waals surface area contributed by atoms with Crippen molar-refractivity contribution in [2.75, 3.05) is 19.3 Å². The molecule has 2 aromatic rings. The number of ether oxygens (including phenoxy) is 1. The number of benzene rings is 2. The first kappa shape index (κ1) is 17.7. The van der Waals surface area contributed by atoms with Gasteiger partial charge >= 0.3 is 0 Å². The van der Waals surface area contributed by atoms with Crippen molar-refractivity contribution in [3.63, 3.8) is 0 Å². The van der Waals surface area contributed by atoms with Crippen molar-refractivity contribution in [2.45, 2.75) is 11.0 Å². The molecule has 0 saturated carbocycles. The first-order valence-corrected chi connectivity index (χ1v) is 8.80. The van der Waals surface area contributed by atoms with Crippen LogP contribution >= 0.6 is 12.4 Å². The summed E-state index contributed by atoms with van der Waals surface area (Å²) in [4.78, 5) is -0.0220. The predicted molar refractivity (Wildman–Crippen MR) is 89.5 cm³/mol. The van der Waals surface area contributed by atoms with Gasteiger partial charge in [0.1, 0.15) is 17.7 Å². The Balaban J connectivity index is 0.00000192.